The number of aromatic amines is 1. The number of nitrogens with one attached hydrogen (secondary N) is 2. The first-order valence-electron chi connectivity index (χ1n) is 4.82. The van der Waals surface area contributed by atoms with Gasteiger partial charge in [-0.2, -0.15) is 0 Å². The second-order valence-electron chi connectivity index (χ2n) is 3.61. The first-order chi connectivity index (χ1) is 6.75. The second-order valence-corrected chi connectivity index (χ2v) is 3.61. The summed E-state index contributed by atoms with van der Waals surface area (Å²) in [6.07, 6.45) is 0.816. The van der Waals surface area contributed by atoms with Crippen LogP contribution in [0.2, 0.25) is 0 Å². The number of aromatic nitrogens is 2. The molecule has 1 fully saturated rings. The third-order valence-corrected chi connectivity index (χ3v) is 2.40. The molecule has 0 saturated carbocycles. The summed E-state index contributed by atoms with van der Waals surface area (Å²) in [5.74, 6) is 0. The Bertz CT molecular complexity index is 349. The minimum absolute atomic E-state index is 0.0109. The van der Waals surface area contributed by atoms with Gasteiger partial charge >= 0.3 is 0 Å². The smallest absolute Gasteiger partial charge is 0.266 e. The molecule has 1 atom stereocenters. The molecule has 1 aromatic heterocycles. The summed E-state index contributed by atoms with van der Waals surface area (Å²) in [4.78, 5) is 11.2. The van der Waals surface area contributed by atoms with Crippen molar-refractivity contribution in [1.29, 1.82) is 0 Å². The summed E-state index contributed by atoms with van der Waals surface area (Å²) >= 11 is 0. The predicted molar refractivity (Wildman–Crippen MR) is 52.3 cm³/mol. The fourth-order valence-corrected chi connectivity index (χ4v) is 1.67. The number of hydrogen-bond acceptors (Lipinski definition) is 3. The van der Waals surface area contributed by atoms with Gasteiger partial charge in [0.2, 0.25) is 0 Å². The number of rotatable bonds is 2. The lowest BCUT2D eigenvalue weighted by Gasteiger charge is -2.23. The van der Waals surface area contributed by atoms with Crippen LogP contribution in [0.25, 0.3) is 0 Å². The molecule has 1 unspecified atom stereocenters. The van der Waals surface area contributed by atoms with E-state index in [0.717, 1.165) is 31.9 Å². The van der Waals surface area contributed by atoms with Crippen LogP contribution >= 0.6 is 0 Å². The number of ether oxygens (including phenoxy) is 1. The summed E-state index contributed by atoms with van der Waals surface area (Å²) in [5.41, 5.74) is 0.970. The van der Waals surface area contributed by atoms with E-state index in [9.17, 15) is 4.79 Å². The number of aryl methyl sites for hydroxylation is 1. The zero-order valence-electron chi connectivity index (χ0n) is 8.25. The SMILES string of the molecule is Cn1[nH]c(CC2COCCN2)cc1=O. The minimum atomic E-state index is 0.0109. The molecule has 0 aromatic carbocycles. The molecule has 1 aliphatic heterocycles. The zero-order chi connectivity index (χ0) is 9.97. The van der Waals surface area contributed by atoms with Crippen molar-refractivity contribution < 1.29 is 4.74 Å². The van der Waals surface area contributed by atoms with E-state index in [4.69, 9.17) is 4.74 Å². The third-order valence-electron chi connectivity index (χ3n) is 2.40. The summed E-state index contributed by atoms with van der Waals surface area (Å²) in [6, 6.07) is 1.96. The molecule has 0 bridgehead atoms. The first-order valence-corrected chi connectivity index (χ1v) is 4.82. The van der Waals surface area contributed by atoms with E-state index < -0.39 is 0 Å². The summed E-state index contributed by atoms with van der Waals surface area (Å²) < 4.78 is 6.82. The highest BCUT2D eigenvalue weighted by molar-refractivity contribution is 5.02. The Morgan fingerprint density at radius 2 is 2.57 bits per heavy atom. The number of nitrogens with zero attached hydrogens (tertiary/aromatic N) is 1. The Hall–Kier alpha value is -1.07. The molecule has 0 radical (unpaired) electrons. The highest BCUT2D eigenvalue weighted by Gasteiger charge is 2.14. The average Bonchev–Trinajstić information content (AvgIpc) is 2.47. The molecular formula is C9H15N3O2. The highest BCUT2D eigenvalue weighted by Crippen LogP contribution is 2.00. The van der Waals surface area contributed by atoms with E-state index in [1.165, 1.54) is 4.68 Å². The number of morpholine rings is 1. The first kappa shape index (κ1) is 9.48. The fraction of sp³-hybridized carbons (Fsp3) is 0.667. The summed E-state index contributed by atoms with van der Waals surface area (Å²) in [5, 5.41) is 6.34. The maximum Gasteiger partial charge on any atom is 0.266 e. The molecule has 0 aliphatic carbocycles. The van der Waals surface area contributed by atoms with E-state index in [0.29, 0.717) is 6.04 Å². The Balaban J connectivity index is 1.99. The highest BCUT2D eigenvalue weighted by atomic mass is 16.5. The van der Waals surface area contributed by atoms with Gasteiger partial charge in [-0.15, -0.1) is 0 Å². The van der Waals surface area contributed by atoms with Crippen molar-refractivity contribution in [2.75, 3.05) is 19.8 Å². The van der Waals surface area contributed by atoms with Crippen LogP contribution in [0.1, 0.15) is 5.69 Å². The van der Waals surface area contributed by atoms with Gasteiger partial charge in [-0.3, -0.25) is 14.6 Å². The van der Waals surface area contributed by atoms with Gasteiger partial charge in [-0.25, -0.2) is 0 Å². The zero-order valence-corrected chi connectivity index (χ0v) is 8.25. The van der Waals surface area contributed by atoms with Crippen LogP contribution in [0, 0.1) is 0 Å². The minimum Gasteiger partial charge on any atom is -0.379 e. The summed E-state index contributed by atoms with van der Waals surface area (Å²) in [6.45, 7) is 2.39. The van der Waals surface area contributed by atoms with Gasteiger partial charge in [0.1, 0.15) is 0 Å². The van der Waals surface area contributed by atoms with E-state index >= 15 is 0 Å². The molecular weight excluding hydrogens is 182 g/mol. The molecule has 2 N–H and O–H groups in total. The Morgan fingerprint density at radius 1 is 1.71 bits per heavy atom. The molecule has 2 heterocycles. The van der Waals surface area contributed by atoms with Crippen molar-refractivity contribution in [2.24, 2.45) is 7.05 Å². The number of hydrogen-bond donors (Lipinski definition) is 2. The Morgan fingerprint density at radius 3 is 3.14 bits per heavy atom. The molecule has 14 heavy (non-hydrogen) atoms. The van der Waals surface area contributed by atoms with Crippen LogP contribution in [-0.2, 0) is 18.2 Å². The van der Waals surface area contributed by atoms with Crippen molar-refractivity contribution in [3.63, 3.8) is 0 Å². The van der Waals surface area contributed by atoms with Crippen molar-refractivity contribution in [3.8, 4) is 0 Å². The monoisotopic (exact) mass is 197 g/mol. The van der Waals surface area contributed by atoms with E-state index in [-0.39, 0.29) is 5.56 Å². The molecule has 78 valence electrons. The van der Waals surface area contributed by atoms with Gasteiger partial charge in [0, 0.05) is 37.8 Å². The van der Waals surface area contributed by atoms with E-state index in [1.54, 1.807) is 13.1 Å². The third kappa shape index (κ3) is 2.05. The lowest BCUT2D eigenvalue weighted by molar-refractivity contribution is 0.0767. The predicted octanol–water partition coefficient (Wildman–Crippen LogP) is -0.756. The van der Waals surface area contributed by atoms with Gasteiger partial charge in [0.25, 0.3) is 5.56 Å². The summed E-state index contributed by atoms with van der Waals surface area (Å²) in [7, 11) is 1.72. The topological polar surface area (TPSA) is 59.0 Å². The van der Waals surface area contributed by atoms with Crippen molar-refractivity contribution in [3.05, 3.63) is 22.1 Å². The maximum atomic E-state index is 11.2. The molecule has 5 heteroatoms. The Labute approximate surface area is 82.0 Å². The maximum absolute atomic E-state index is 11.2. The molecule has 1 aliphatic rings. The standard InChI is InChI=1S/C9H15N3O2/c1-12-9(13)5-7(11-12)4-8-6-14-3-2-10-8/h5,8,10-11H,2-4,6H2,1H3. The van der Waals surface area contributed by atoms with Crippen LogP contribution in [-0.4, -0.2) is 35.6 Å². The van der Waals surface area contributed by atoms with Crippen molar-refractivity contribution in [2.45, 2.75) is 12.5 Å². The largest absolute Gasteiger partial charge is 0.379 e. The van der Waals surface area contributed by atoms with Crippen LogP contribution in [0.3, 0.4) is 0 Å². The number of H-pyrrole nitrogens is 1. The van der Waals surface area contributed by atoms with Crippen molar-refractivity contribution in [1.82, 2.24) is 15.1 Å². The van der Waals surface area contributed by atoms with E-state index in [1.807, 2.05) is 0 Å². The normalized spacial score (nSPS) is 22.5. The average molecular weight is 197 g/mol. The molecule has 0 amide bonds. The molecule has 1 saturated heterocycles. The Kier molecular flexibility index (Phi) is 2.69. The van der Waals surface area contributed by atoms with Crippen LogP contribution in [0.5, 0.6) is 0 Å². The van der Waals surface area contributed by atoms with Gasteiger partial charge in [0.05, 0.1) is 13.2 Å². The van der Waals surface area contributed by atoms with Gasteiger partial charge in [-0.05, 0) is 0 Å². The van der Waals surface area contributed by atoms with Crippen LogP contribution < -0.4 is 10.9 Å². The molecule has 5 nitrogen and oxygen atoms in total. The van der Waals surface area contributed by atoms with Gasteiger partial charge in [-0.1, -0.05) is 0 Å². The molecule has 1 aromatic rings. The lowest BCUT2D eigenvalue weighted by atomic mass is 10.1. The van der Waals surface area contributed by atoms with E-state index in [2.05, 4.69) is 10.4 Å². The van der Waals surface area contributed by atoms with Gasteiger partial charge in [0.15, 0.2) is 0 Å². The lowest BCUT2D eigenvalue weighted by Crippen LogP contribution is -2.42. The molecule has 0 spiro atoms. The van der Waals surface area contributed by atoms with Crippen LogP contribution in [0.15, 0.2) is 10.9 Å². The fourth-order valence-electron chi connectivity index (χ4n) is 1.67. The molecule has 2 rings (SSSR count). The van der Waals surface area contributed by atoms with Crippen molar-refractivity contribution >= 4 is 0 Å². The van der Waals surface area contributed by atoms with Crippen LogP contribution in [0.4, 0.5) is 0 Å². The van der Waals surface area contributed by atoms with Gasteiger partial charge < -0.3 is 10.1 Å². The quantitative estimate of drug-likeness (QED) is 0.655. The second kappa shape index (κ2) is 3.98.